The Morgan fingerprint density at radius 1 is 1.07 bits per heavy atom. The van der Waals surface area contributed by atoms with Crippen LogP contribution in [0.2, 0.25) is 5.02 Å². The van der Waals surface area contributed by atoms with Crippen LogP contribution in [0.1, 0.15) is 17.3 Å². The van der Waals surface area contributed by atoms with Crippen molar-refractivity contribution in [3.05, 3.63) is 59.1 Å². The smallest absolute Gasteiger partial charge is 0.252 e. The zero-order chi connectivity index (χ0) is 19.1. The third-order valence-electron chi connectivity index (χ3n) is 4.71. The number of anilines is 1. The van der Waals surface area contributed by atoms with E-state index < -0.39 is 0 Å². The van der Waals surface area contributed by atoms with Crippen LogP contribution in [0.3, 0.4) is 0 Å². The molecule has 4 nitrogen and oxygen atoms in total. The average Bonchev–Trinajstić information content (AvgIpc) is 2.70. The number of benzene rings is 2. The largest absolute Gasteiger partial charge is 0.369 e. The Bertz CT molecular complexity index is 745. The van der Waals surface area contributed by atoms with Gasteiger partial charge >= 0.3 is 0 Å². The summed E-state index contributed by atoms with van der Waals surface area (Å²) >= 11 is 7.67. The lowest BCUT2D eigenvalue weighted by Gasteiger charge is -2.36. The van der Waals surface area contributed by atoms with Gasteiger partial charge in [-0.2, -0.15) is 0 Å². The van der Waals surface area contributed by atoms with Crippen LogP contribution in [0.5, 0.6) is 0 Å². The van der Waals surface area contributed by atoms with Gasteiger partial charge in [0.05, 0.1) is 5.56 Å². The second kappa shape index (κ2) is 10.0. The lowest BCUT2D eigenvalue weighted by Crippen LogP contribution is -2.48. The van der Waals surface area contributed by atoms with E-state index in [9.17, 15) is 4.79 Å². The van der Waals surface area contributed by atoms with Crippen LogP contribution in [0.4, 0.5) is 5.69 Å². The van der Waals surface area contributed by atoms with E-state index in [2.05, 4.69) is 34.2 Å². The Balaban J connectivity index is 1.43. The number of nitrogens with zero attached hydrogens (tertiary/aromatic N) is 2. The maximum Gasteiger partial charge on any atom is 0.252 e. The van der Waals surface area contributed by atoms with Crippen molar-refractivity contribution in [2.75, 3.05) is 49.9 Å². The molecule has 0 aromatic heterocycles. The van der Waals surface area contributed by atoms with Gasteiger partial charge in [0.1, 0.15) is 0 Å². The zero-order valence-electron chi connectivity index (χ0n) is 15.7. The van der Waals surface area contributed by atoms with E-state index in [-0.39, 0.29) is 5.91 Å². The number of thioether (sulfide) groups is 1. The Kier molecular flexibility index (Phi) is 7.44. The predicted molar refractivity (Wildman–Crippen MR) is 115 cm³/mol. The van der Waals surface area contributed by atoms with Crippen LogP contribution < -0.4 is 10.2 Å². The number of carbonyl (C=O) groups is 1. The number of amides is 1. The molecule has 0 aliphatic carbocycles. The standard InChI is InChI=1S/C21H26ClN3OS/c1-2-27-20-6-4-3-5-19(20)21(26)23-11-12-24-13-15-25(16-14-24)18-9-7-17(22)8-10-18/h3-10H,2,11-16H2,1H3,(H,23,26). The third-order valence-corrected chi connectivity index (χ3v) is 5.92. The fourth-order valence-electron chi connectivity index (χ4n) is 3.24. The van der Waals surface area contributed by atoms with Crippen molar-refractivity contribution in [2.24, 2.45) is 0 Å². The predicted octanol–water partition coefficient (Wildman–Crippen LogP) is 4.00. The maximum absolute atomic E-state index is 12.5. The van der Waals surface area contributed by atoms with Crippen molar-refractivity contribution < 1.29 is 4.79 Å². The molecule has 0 bridgehead atoms. The van der Waals surface area contributed by atoms with Crippen molar-refractivity contribution in [3.63, 3.8) is 0 Å². The van der Waals surface area contributed by atoms with Crippen molar-refractivity contribution in [1.29, 1.82) is 0 Å². The molecule has 2 aromatic rings. The van der Waals surface area contributed by atoms with E-state index in [1.807, 2.05) is 36.4 Å². The summed E-state index contributed by atoms with van der Waals surface area (Å²) in [6, 6.07) is 15.8. The Labute approximate surface area is 170 Å². The number of hydrogen-bond acceptors (Lipinski definition) is 4. The van der Waals surface area contributed by atoms with E-state index >= 15 is 0 Å². The summed E-state index contributed by atoms with van der Waals surface area (Å²) in [4.78, 5) is 18.3. The number of hydrogen-bond donors (Lipinski definition) is 1. The van der Waals surface area contributed by atoms with Crippen LogP contribution in [0, 0.1) is 0 Å². The highest BCUT2D eigenvalue weighted by molar-refractivity contribution is 7.99. The van der Waals surface area contributed by atoms with Gasteiger partial charge in [0, 0.05) is 54.9 Å². The first-order valence-corrected chi connectivity index (χ1v) is 10.8. The normalized spacial score (nSPS) is 15.0. The molecule has 1 amide bonds. The van der Waals surface area contributed by atoms with Gasteiger partial charge in [-0.25, -0.2) is 0 Å². The number of nitrogens with one attached hydrogen (secondary N) is 1. The van der Waals surface area contributed by atoms with E-state index in [1.165, 1.54) is 5.69 Å². The average molecular weight is 404 g/mol. The quantitative estimate of drug-likeness (QED) is 0.708. The van der Waals surface area contributed by atoms with Crippen LogP contribution in [-0.4, -0.2) is 55.8 Å². The van der Waals surface area contributed by atoms with Gasteiger partial charge in [-0.1, -0.05) is 30.7 Å². The lowest BCUT2D eigenvalue weighted by atomic mass is 10.2. The Hall–Kier alpha value is -1.69. The van der Waals surface area contributed by atoms with Crippen molar-refractivity contribution >= 4 is 35.0 Å². The molecule has 0 unspecified atom stereocenters. The van der Waals surface area contributed by atoms with Crippen LogP contribution in [0.15, 0.2) is 53.4 Å². The lowest BCUT2D eigenvalue weighted by molar-refractivity contribution is 0.0945. The van der Waals surface area contributed by atoms with Crippen molar-refractivity contribution in [1.82, 2.24) is 10.2 Å². The highest BCUT2D eigenvalue weighted by Gasteiger charge is 2.17. The first-order valence-electron chi connectivity index (χ1n) is 9.40. The highest BCUT2D eigenvalue weighted by Crippen LogP contribution is 2.22. The SMILES string of the molecule is CCSc1ccccc1C(=O)NCCN1CCN(c2ccc(Cl)cc2)CC1. The molecule has 1 heterocycles. The van der Waals surface area contributed by atoms with E-state index in [0.29, 0.717) is 6.54 Å². The summed E-state index contributed by atoms with van der Waals surface area (Å²) in [5.41, 5.74) is 1.99. The Morgan fingerprint density at radius 2 is 1.78 bits per heavy atom. The second-order valence-corrected chi connectivity index (χ2v) is 8.23. The molecule has 1 fully saturated rings. The molecular formula is C21H26ClN3OS. The topological polar surface area (TPSA) is 35.6 Å². The van der Waals surface area contributed by atoms with Gasteiger partial charge < -0.3 is 10.2 Å². The van der Waals surface area contributed by atoms with Gasteiger partial charge in [0.25, 0.3) is 5.91 Å². The van der Waals surface area contributed by atoms with Gasteiger partial charge in [-0.15, -0.1) is 11.8 Å². The molecule has 2 aromatic carbocycles. The third kappa shape index (κ3) is 5.64. The van der Waals surface area contributed by atoms with Crippen LogP contribution in [-0.2, 0) is 0 Å². The van der Waals surface area contributed by atoms with Crippen molar-refractivity contribution in [2.45, 2.75) is 11.8 Å². The summed E-state index contributed by atoms with van der Waals surface area (Å²) < 4.78 is 0. The molecule has 0 spiro atoms. The summed E-state index contributed by atoms with van der Waals surface area (Å²) in [6.45, 7) is 7.63. The maximum atomic E-state index is 12.5. The number of rotatable bonds is 7. The minimum Gasteiger partial charge on any atom is -0.369 e. The Morgan fingerprint density at radius 3 is 2.48 bits per heavy atom. The van der Waals surface area contributed by atoms with Crippen molar-refractivity contribution in [3.8, 4) is 0 Å². The molecule has 1 aliphatic heterocycles. The summed E-state index contributed by atoms with van der Waals surface area (Å²) in [7, 11) is 0. The molecule has 0 radical (unpaired) electrons. The molecule has 6 heteroatoms. The zero-order valence-corrected chi connectivity index (χ0v) is 17.2. The summed E-state index contributed by atoms with van der Waals surface area (Å²) in [5, 5.41) is 3.84. The first-order chi connectivity index (χ1) is 13.2. The molecule has 1 aliphatic rings. The minimum atomic E-state index is 0.0198. The fourth-order valence-corrected chi connectivity index (χ4v) is 4.17. The molecule has 3 rings (SSSR count). The summed E-state index contributed by atoms with van der Waals surface area (Å²) in [5.74, 6) is 0.980. The fraction of sp³-hybridized carbons (Fsp3) is 0.381. The first kappa shape index (κ1) is 20.1. The summed E-state index contributed by atoms with van der Waals surface area (Å²) in [6.07, 6.45) is 0. The molecule has 0 atom stereocenters. The molecule has 1 N–H and O–H groups in total. The molecule has 1 saturated heterocycles. The monoisotopic (exact) mass is 403 g/mol. The number of piperazine rings is 1. The van der Waals surface area contributed by atoms with E-state index in [0.717, 1.165) is 54.0 Å². The minimum absolute atomic E-state index is 0.0198. The van der Waals surface area contributed by atoms with Gasteiger partial charge in [-0.05, 0) is 42.2 Å². The molecular weight excluding hydrogens is 378 g/mol. The number of carbonyl (C=O) groups excluding carboxylic acids is 1. The van der Waals surface area contributed by atoms with Crippen LogP contribution >= 0.6 is 23.4 Å². The van der Waals surface area contributed by atoms with Gasteiger partial charge in [0.15, 0.2) is 0 Å². The highest BCUT2D eigenvalue weighted by atomic mass is 35.5. The van der Waals surface area contributed by atoms with E-state index in [1.54, 1.807) is 11.8 Å². The second-order valence-electron chi connectivity index (χ2n) is 6.49. The number of halogens is 1. The molecule has 144 valence electrons. The van der Waals surface area contributed by atoms with Crippen LogP contribution in [0.25, 0.3) is 0 Å². The molecule has 27 heavy (non-hydrogen) atoms. The molecule has 0 saturated carbocycles. The van der Waals surface area contributed by atoms with Gasteiger partial charge in [0.2, 0.25) is 0 Å². The van der Waals surface area contributed by atoms with Gasteiger partial charge in [-0.3, -0.25) is 9.69 Å². The van der Waals surface area contributed by atoms with E-state index in [4.69, 9.17) is 11.6 Å².